The molecule has 2 aromatic carbocycles. The number of fused-ring (bicyclic) bond motifs is 1. The van der Waals surface area contributed by atoms with E-state index in [1.807, 2.05) is 12.1 Å². The first kappa shape index (κ1) is 17.7. The minimum atomic E-state index is -0.723. The Kier molecular flexibility index (Phi) is 5.06. The summed E-state index contributed by atoms with van der Waals surface area (Å²) in [5, 5.41) is 5.13. The van der Waals surface area contributed by atoms with Crippen LogP contribution < -0.4 is 20.3 Å². The van der Waals surface area contributed by atoms with Crippen molar-refractivity contribution in [2.24, 2.45) is 0 Å². The number of halogens is 1. The van der Waals surface area contributed by atoms with Crippen molar-refractivity contribution in [2.45, 2.75) is 13.0 Å². The van der Waals surface area contributed by atoms with Gasteiger partial charge in [0.05, 0.1) is 24.5 Å². The highest BCUT2D eigenvalue weighted by Crippen LogP contribution is 2.33. The fraction of sp³-hybridized carbons (Fsp3) is 0.263. The minimum absolute atomic E-state index is 0.0266. The van der Waals surface area contributed by atoms with Crippen LogP contribution >= 0.6 is 0 Å². The van der Waals surface area contributed by atoms with Crippen LogP contribution in [0.5, 0.6) is 5.75 Å². The molecule has 2 aromatic rings. The predicted octanol–water partition coefficient (Wildman–Crippen LogP) is 2.09. The highest BCUT2D eigenvalue weighted by atomic mass is 19.1. The zero-order valence-electron chi connectivity index (χ0n) is 14.6. The molecule has 2 N–H and O–H groups in total. The van der Waals surface area contributed by atoms with Crippen LogP contribution in [0.2, 0.25) is 0 Å². The molecule has 1 heterocycles. The van der Waals surface area contributed by atoms with Gasteiger partial charge in [0.1, 0.15) is 11.6 Å². The monoisotopic (exact) mass is 357 g/mol. The number of benzene rings is 2. The van der Waals surface area contributed by atoms with Crippen molar-refractivity contribution in [2.75, 3.05) is 30.4 Å². The smallest absolute Gasteiger partial charge is 0.262 e. The maximum absolute atomic E-state index is 13.9. The second-order valence-electron chi connectivity index (χ2n) is 6.10. The number of para-hydroxylation sites is 2. The molecule has 1 unspecified atom stereocenters. The van der Waals surface area contributed by atoms with Crippen LogP contribution in [0, 0.1) is 12.7 Å². The lowest BCUT2D eigenvalue weighted by molar-refractivity contribution is -0.127. The normalized spacial score (nSPS) is 15.7. The van der Waals surface area contributed by atoms with Crippen LogP contribution in [0.3, 0.4) is 0 Å². The number of nitrogens with zero attached hydrogens (tertiary/aromatic N) is 1. The Morgan fingerprint density at radius 3 is 2.77 bits per heavy atom. The SMILES string of the molecule is CNC(=O)C1CN(CC(=O)Nc2ccc(C)cc2F)c2ccccc2O1. The first-order valence-electron chi connectivity index (χ1n) is 8.26. The Bertz CT molecular complexity index is 841. The number of amides is 2. The minimum Gasteiger partial charge on any atom is -0.477 e. The Morgan fingerprint density at radius 2 is 2.04 bits per heavy atom. The quantitative estimate of drug-likeness (QED) is 0.879. The predicted molar refractivity (Wildman–Crippen MR) is 96.9 cm³/mol. The van der Waals surface area contributed by atoms with Crippen LogP contribution in [0.1, 0.15) is 5.56 Å². The highest BCUT2D eigenvalue weighted by Gasteiger charge is 2.31. The molecular weight excluding hydrogens is 337 g/mol. The molecule has 26 heavy (non-hydrogen) atoms. The van der Waals surface area contributed by atoms with E-state index in [4.69, 9.17) is 4.74 Å². The van der Waals surface area contributed by atoms with E-state index in [0.29, 0.717) is 11.4 Å². The van der Waals surface area contributed by atoms with Gasteiger partial charge in [-0.05, 0) is 36.8 Å². The lowest BCUT2D eigenvalue weighted by Crippen LogP contribution is -2.50. The van der Waals surface area contributed by atoms with Crippen molar-refractivity contribution < 1.29 is 18.7 Å². The highest BCUT2D eigenvalue weighted by molar-refractivity contribution is 5.95. The first-order chi connectivity index (χ1) is 12.5. The number of carbonyl (C=O) groups is 2. The largest absolute Gasteiger partial charge is 0.477 e. The molecule has 0 radical (unpaired) electrons. The molecule has 0 saturated carbocycles. The number of ether oxygens (including phenoxy) is 1. The third-order valence-corrected chi connectivity index (χ3v) is 4.13. The Labute approximate surface area is 150 Å². The zero-order chi connectivity index (χ0) is 18.7. The van der Waals surface area contributed by atoms with E-state index in [2.05, 4.69) is 10.6 Å². The average molecular weight is 357 g/mol. The summed E-state index contributed by atoms with van der Waals surface area (Å²) >= 11 is 0. The number of nitrogens with one attached hydrogen (secondary N) is 2. The third kappa shape index (κ3) is 3.77. The van der Waals surface area contributed by atoms with Gasteiger partial charge in [-0.25, -0.2) is 4.39 Å². The maximum atomic E-state index is 13.9. The summed E-state index contributed by atoms with van der Waals surface area (Å²) in [7, 11) is 1.53. The number of carbonyl (C=O) groups excluding carboxylic acids is 2. The summed E-state index contributed by atoms with van der Waals surface area (Å²) in [6, 6.07) is 11.8. The molecule has 0 bridgehead atoms. The molecule has 0 aromatic heterocycles. The molecule has 2 amide bonds. The standard InChI is InChI=1S/C19H20FN3O3/c1-12-7-8-14(13(20)9-12)22-18(24)11-23-10-17(19(25)21-2)26-16-6-4-3-5-15(16)23/h3-9,17H,10-11H2,1-2H3,(H,21,25)(H,22,24). The number of likely N-dealkylation sites (N-methyl/N-ethyl adjacent to an activating group) is 1. The molecule has 3 rings (SSSR count). The van der Waals surface area contributed by atoms with Crippen LogP contribution in [-0.4, -0.2) is 38.1 Å². The molecule has 0 spiro atoms. The Balaban J connectivity index is 1.76. The van der Waals surface area contributed by atoms with Crippen LogP contribution in [0.4, 0.5) is 15.8 Å². The number of hydrogen-bond acceptors (Lipinski definition) is 4. The molecule has 0 saturated heterocycles. The van der Waals surface area contributed by atoms with Gasteiger partial charge in [-0.3, -0.25) is 9.59 Å². The van der Waals surface area contributed by atoms with E-state index in [0.717, 1.165) is 5.56 Å². The molecule has 1 aliphatic rings. The topological polar surface area (TPSA) is 70.7 Å². The second-order valence-corrected chi connectivity index (χ2v) is 6.10. The van der Waals surface area contributed by atoms with E-state index in [1.165, 1.54) is 19.2 Å². The first-order valence-corrected chi connectivity index (χ1v) is 8.26. The molecule has 7 heteroatoms. The van der Waals surface area contributed by atoms with Gasteiger partial charge in [0.2, 0.25) is 5.91 Å². The molecule has 1 aliphatic heterocycles. The van der Waals surface area contributed by atoms with Crippen LogP contribution in [0.25, 0.3) is 0 Å². The van der Waals surface area contributed by atoms with Gasteiger partial charge in [-0.2, -0.15) is 0 Å². The van der Waals surface area contributed by atoms with Crippen molar-refractivity contribution in [3.63, 3.8) is 0 Å². The van der Waals surface area contributed by atoms with E-state index in [-0.39, 0.29) is 30.6 Å². The van der Waals surface area contributed by atoms with Crippen molar-refractivity contribution in [3.8, 4) is 5.75 Å². The fourth-order valence-corrected chi connectivity index (χ4v) is 2.84. The third-order valence-electron chi connectivity index (χ3n) is 4.13. The van der Waals surface area contributed by atoms with Gasteiger partial charge < -0.3 is 20.3 Å². The zero-order valence-corrected chi connectivity index (χ0v) is 14.6. The molecule has 0 aliphatic carbocycles. The molecule has 136 valence electrons. The summed E-state index contributed by atoms with van der Waals surface area (Å²) < 4.78 is 19.6. The molecule has 1 atom stereocenters. The summed E-state index contributed by atoms with van der Waals surface area (Å²) in [6.45, 7) is 1.97. The summed E-state index contributed by atoms with van der Waals surface area (Å²) in [4.78, 5) is 26.1. The van der Waals surface area contributed by atoms with E-state index in [1.54, 1.807) is 30.0 Å². The van der Waals surface area contributed by atoms with Crippen molar-refractivity contribution in [3.05, 3.63) is 53.8 Å². The number of hydrogen-bond donors (Lipinski definition) is 2. The van der Waals surface area contributed by atoms with Gasteiger partial charge in [-0.15, -0.1) is 0 Å². The molecule has 0 fully saturated rings. The fourth-order valence-electron chi connectivity index (χ4n) is 2.84. The van der Waals surface area contributed by atoms with Gasteiger partial charge in [0.25, 0.3) is 5.91 Å². The van der Waals surface area contributed by atoms with E-state index in [9.17, 15) is 14.0 Å². The summed E-state index contributed by atoms with van der Waals surface area (Å²) in [5.41, 5.74) is 1.62. The van der Waals surface area contributed by atoms with Gasteiger partial charge in [0.15, 0.2) is 6.10 Å². The van der Waals surface area contributed by atoms with Gasteiger partial charge in [0, 0.05) is 7.05 Å². The van der Waals surface area contributed by atoms with E-state index < -0.39 is 11.9 Å². The lowest BCUT2D eigenvalue weighted by Gasteiger charge is -2.35. The van der Waals surface area contributed by atoms with E-state index >= 15 is 0 Å². The number of anilines is 2. The molecular formula is C19H20FN3O3. The second kappa shape index (κ2) is 7.43. The van der Waals surface area contributed by atoms with Crippen LogP contribution in [-0.2, 0) is 9.59 Å². The van der Waals surface area contributed by atoms with Crippen molar-refractivity contribution in [1.29, 1.82) is 0 Å². The number of rotatable bonds is 4. The number of aryl methyl sites for hydroxylation is 1. The van der Waals surface area contributed by atoms with Crippen molar-refractivity contribution in [1.82, 2.24) is 5.32 Å². The lowest BCUT2D eigenvalue weighted by atomic mass is 10.1. The Morgan fingerprint density at radius 1 is 1.27 bits per heavy atom. The summed E-state index contributed by atoms with van der Waals surface area (Å²) in [6.07, 6.45) is -0.723. The van der Waals surface area contributed by atoms with Gasteiger partial charge in [-0.1, -0.05) is 18.2 Å². The van der Waals surface area contributed by atoms with Crippen molar-refractivity contribution >= 4 is 23.2 Å². The summed E-state index contributed by atoms with van der Waals surface area (Å²) in [5.74, 6) is -0.597. The van der Waals surface area contributed by atoms with Gasteiger partial charge >= 0.3 is 0 Å². The average Bonchev–Trinajstić information content (AvgIpc) is 2.63. The Hall–Kier alpha value is -3.09. The maximum Gasteiger partial charge on any atom is 0.262 e. The van der Waals surface area contributed by atoms with Crippen LogP contribution in [0.15, 0.2) is 42.5 Å². The molecule has 6 nitrogen and oxygen atoms in total.